The van der Waals surface area contributed by atoms with E-state index in [1.165, 1.54) is 17.5 Å². The Bertz CT molecular complexity index is 1990. The topological polar surface area (TPSA) is 127 Å². The lowest BCUT2D eigenvalue weighted by Crippen LogP contribution is -2.48. The summed E-state index contributed by atoms with van der Waals surface area (Å²) in [5.74, 6) is -0.856. The summed E-state index contributed by atoms with van der Waals surface area (Å²) < 4.78 is 35.1. The molecule has 0 amide bonds. The summed E-state index contributed by atoms with van der Waals surface area (Å²) in [5.41, 5.74) is 5.66. The van der Waals surface area contributed by atoms with Gasteiger partial charge in [0.1, 0.15) is 5.65 Å². The molecule has 1 fully saturated rings. The molecule has 0 N–H and O–H groups in total. The van der Waals surface area contributed by atoms with E-state index in [0.29, 0.717) is 38.3 Å². The van der Waals surface area contributed by atoms with Gasteiger partial charge in [0.15, 0.2) is 0 Å². The third-order valence-corrected chi connectivity index (χ3v) is 9.84. The molecule has 2 aromatic heterocycles. The summed E-state index contributed by atoms with van der Waals surface area (Å²) in [7, 11) is -2.41. The van der Waals surface area contributed by atoms with Gasteiger partial charge in [-0.3, -0.25) is 15.0 Å². The number of pyridine rings is 1. The van der Waals surface area contributed by atoms with Crippen LogP contribution in [-0.4, -0.2) is 71.2 Å². The number of esters is 1. The number of non-ortho nitro benzene ring substituents is 1. The van der Waals surface area contributed by atoms with Gasteiger partial charge in [-0.1, -0.05) is 60.7 Å². The van der Waals surface area contributed by atoms with Crippen LogP contribution < -0.4 is 0 Å². The van der Waals surface area contributed by atoms with Crippen LogP contribution in [0.25, 0.3) is 28.0 Å². The zero-order valence-corrected chi connectivity index (χ0v) is 25.4. The number of benzene rings is 3. The van der Waals surface area contributed by atoms with Gasteiger partial charge >= 0.3 is 5.97 Å². The molecule has 1 saturated heterocycles. The minimum Gasteiger partial charge on any atom is -0.465 e. The van der Waals surface area contributed by atoms with Crippen molar-refractivity contribution in [2.75, 3.05) is 33.3 Å². The molecule has 0 bridgehead atoms. The molecule has 11 nitrogen and oxygen atoms in total. The second-order valence-corrected chi connectivity index (χ2v) is 12.8. The van der Waals surface area contributed by atoms with E-state index in [-0.39, 0.29) is 17.0 Å². The van der Waals surface area contributed by atoms with Crippen molar-refractivity contribution < 1.29 is 22.9 Å². The number of rotatable bonds is 9. The van der Waals surface area contributed by atoms with Gasteiger partial charge < -0.3 is 9.14 Å². The van der Waals surface area contributed by atoms with E-state index >= 15 is 0 Å². The van der Waals surface area contributed by atoms with Crippen molar-refractivity contribution in [2.24, 2.45) is 0 Å². The lowest BCUT2D eigenvalue weighted by Gasteiger charge is -2.34. The molecule has 5 aromatic rings. The number of methoxy groups -OCH3 is 1. The van der Waals surface area contributed by atoms with Crippen LogP contribution in [0.2, 0.25) is 0 Å². The number of carbonyl (C=O) groups excluding carboxylic acids is 1. The van der Waals surface area contributed by atoms with Gasteiger partial charge in [0.2, 0.25) is 10.0 Å². The molecule has 0 saturated carbocycles. The maximum atomic E-state index is 13.4. The van der Waals surface area contributed by atoms with Gasteiger partial charge in [-0.15, -0.1) is 0 Å². The number of fused-ring (bicyclic) bond motifs is 1. The van der Waals surface area contributed by atoms with Crippen LogP contribution in [0, 0.1) is 10.1 Å². The fourth-order valence-electron chi connectivity index (χ4n) is 5.66. The molecule has 230 valence electrons. The van der Waals surface area contributed by atoms with Crippen molar-refractivity contribution in [1.29, 1.82) is 0 Å². The van der Waals surface area contributed by atoms with Crippen LogP contribution in [0.4, 0.5) is 5.69 Å². The zero-order valence-electron chi connectivity index (χ0n) is 24.6. The Morgan fingerprint density at radius 1 is 0.889 bits per heavy atom. The predicted molar refractivity (Wildman–Crippen MR) is 170 cm³/mol. The van der Waals surface area contributed by atoms with Crippen LogP contribution in [-0.2, 0) is 27.1 Å². The van der Waals surface area contributed by atoms with Crippen LogP contribution in [0.1, 0.15) is 21.6 Å². The molecule has 45 heavy (non-hydrogen) atoms. The Labute approximate surface area is 260 Å². The summed E-state index contributed by atoms with van der Waals surface area (Å²) in [5, 5.41) is 11.4. The SMILES string of the molecule is COC(=O)c1ccccc1CS(=O)(=O)N1CCN(Cc2c(-c3ccccc3)nc3ccc(-c4cccc([N+](=O)[O-])c4)cn23)CC1. The molecule has 3 heterocycles. The molecule has 0 aliphatic carbocycles. The summed E-state index contributed by atoms with van der Waals surface area (Å²) in [6, 6.07) is 26.8. The van der Waals surface area contributed by atoms with Crippen molar-refractivity contribution in [3.05, 3.63) is 124 Å². The number of aromatic nitrogens is 2. The largest absolute Gasteiger partial charge is 0.465 e. The number of piperazine rings is 1. The second kappa shape index (κ2) is 12.6. The summed E-state index contributed by atoms with van der Waals surface area (Å²) in [6.07, 6.45) is 1.95. The minimum atomic E-state index is -3.68. The van der Waals surface area contributed by atoms with Crippen LogP contribution in [0.5, 0.6) is 0 Å². The summed E-state index contributed by atoms with van der Waals surface area (Å²) in [4.78, 5) is 30.3. The molecule has 6 rings (SSSR count). The maximum absolute atomic E-state index is 13.4. The Hall–Kier alpha value is -4.91. The number of sulfonamides is 1. The Balaban J connectivity index is 1.26. The van der Waals surface area contributed by atoms with E-state index in [9.17, 15) is 23.3 Å². The molecular weight excluding hydrogens is 594 g/mol. The fourth-order valence-corrected chi connectivity index (χ4v) is 7.21. The van der Waals surface area contributed by atoms with Crippen molar-refractivity contribution in [3.8, 4) is 22.4 Å². The third-order valence-electron chi connectivity index (χ3n) is 8.01. The first kappa shape index (κ1) is 30.1. The van der Waals surface area contributed by atoms with Crippen LogP contribution >= 0.6 is 0 Å². The molecule has 0 spiro atoms. The number of nitrogens with zero attached hydrogens (tertiary/aromatic N) is 5. The van der Waals surface area contributed by atoms with E-state index in [1.54, 1.807) is 36.4 Å². The van der Waals surface area contributed by atoms with E-state index < -0.39 is 20.9 Å². The summed E-state index contributed by atoms with van der Waals surface area (Å²) in [6.45, 7) is 2.13. The Morgan fingerprint density at radius 3 is 2.33 bits per heavy atom. The summed E-state index contributed by atoms with van der Waals surface area (Å²) >= 11 is 0. The number of carbonyl (C=O) groups is 1. The highest BCUT2D eigenvalue weighted by Gasteiger charge is 2.29. The monoisotopic (exact) mass is 625 g/mol. The first-order chi connectivity index (χ1) is 21.7. The maximum Gasteiger partial charge on any atom is 0.338 e. The average molecular weight is 626 g/mol. The van der Waals surface area contributed by atoms with Crippen molar-refractivity contribution >= 4 is 27.3 Å². The second-order valence-electron chi connectivity index (χ2n) is 10.8. The van der Waals surface area contributed by atoms with Gasteiger partial charge in [-0.2, -0.15) is 4.31 Å². The number of hydrogen-bond acceptors (Lipinski definition) is 8. The van der Waals surface area contributed by atoms with Gasteiger partial charge in [-0.25, -0.2) is 18.2 Å². The Morgan fingerprint density at radius 2 is 1.60 bits per heavy atom. The van der Waals surface area contributed by atoms with Crippen molar-refractivity contribution in [1.82, 2.24) is 18.6 Å². The van der Waals surface area contributed by atoms with Crippen LogP contribution in [0.15, 0.2) is 97.2 Å². The number of imidazole rings is 1. The highest BCUT2D eigenvalue weighted by atomic mass is 32.2. The number of hydrogen-bond donors (Lipinski definition) is 0. The Kier molecular flexibility index (Phi) is 8.44. The molecule has 0 radical (unpaired) electrons. The smallest absolute Gasteiger partial charge is 0.338 e. The van der Waals surface area contributed by atoms with Gasteiger partial charge in [0.25, 0.3) is 5.69 Å². The number of nitro benzene ring substituents is 1. The van der Waals surface area contributed by atoms with E-state index in [1.807, 2.05) is 59.1 Å². The van der Waals surface area contributed by atoms with Crippen LogP contribution in [0.3, 0.4) is 0 Å². The molecular formula is C33H31N5O6S. The molecule has 12 heteroatoms. The highest BCUT2D eigenvalue weighted by molar-refractivity contribution is 7.88. The molecule has 1 aliphatic heterocycles. The molecule has 1 aliphatic rings. The number of nitro groups is 1. The third kappa shape index (κ3) is 6.34. The van der Waals surface area contributed by atoms with Gasteiger partial charge in [0.05, 0.1) is 34.7 Å². The standard InChI is InChI=1S/C33H31N5O6S/c1-44-33(39)29-13-6-5-10-27(29)23-45(42,43)36-18-16-35(17-19-36)22-30-32(24-8-3-2-4-9-24)34-31-15-14-26(21-37(30)31)25-11-7-12-28(20-25)38(40)41/h2-15,20-21H,16-19,22-23H2,1H3. The molecule has 3 aromatic carbocycles. The van der Waals surface area contributed by atoms with E-state index in [0.717, 1.165) is 33.7 Å². The molecule has 0 unspecified atom stereocenters. The normalized spacial score (nSPS) is 14.4. The predicted octanol–water partition coefficient (Wildman–Crippen LogP) is 5.01. The van der Waals surface area contributed by atoms with Crippen molar-refractivity contribution in [2.45, 2.75) is 12.3 Å². The fraction of sp³-hybridized carbons (Fsp3) is 0.212. The van der Waals surface area contributed by atoms with Gasteiger partial charge in [-0.05, 0) is 34.9 Å². The van der Waals surface area contributed by atoms with Gasteiger partial charge in [0, 0.05) is 56.6 Å². The quantitative estimate of drug-likeness (QED) is 0.127. The number of ether oxygens (including phenoxy) is 1. The first-order valence-corrected chi connectivity index (χ1v) is 16.0. The van der Waals surface area contributed by atoms with E-state index in [2.05, 4.69) is 4.90 Å². The van der Waals surface area contributed by atoms with E-state index in [4.69, 9.17) is 9.72 Å². The average Bonchev–Trinajstić information content (AvgIpc) is 3.42. The molecule has 0 atom stereocenters. The lowest BCUT2D eigenvalue weighted by atomic mass is 10.1. The highest BCUT2D eigenvalue weighted by Crippen LogP contribution is 2.30. The lowest BCUT2D eigenvalue weighted by molar-refractivity contribution is -0.384. The van der Waals surface area contributed by atoms with Crippen molar-refractivity contribution in [3.63, 3.8) is 0 Å². The minimum absolute atomic E-state index is 0.0185. The first-order valence-electron chi connectivity index (χ1n) is 14.4. The zero-order chi connectivity index (χ0) is 31.6.